The van der Waals surface area contributed by atoms with Crippen LogP contribution in [0.1, 0.15) is 18.1 Å². The van der Waals surface area contributed by atoms with Crippen molar-refractivity contribution in [1.82, 2.24) is 0 Å². The molecule has 0 saturated carbocycles. The number of allylic oxidation sites excluding steroid dienone is 3. The summed E-state index contributed by atoms with van der Waals surface area (Å²) < 4.78 is 0. The summed E-state index contributed by atoms with van der Waals surface area (Å²) in [7, 11) is 0. The van der Waals surface area contributed by atoms with E-state index in [9.17, 15) is 0 Å². The second-order valence-electron chi connectivity index (χ2n) is 3.43. The summed E-state index contributed by atoms with van der Waals surface area (Å²) in [4.78, 5) is 4.22. The van der Waals surface area contributed by atoms with E-state index in [1.165, 1.54) is 5.56 Å². The number of hydrogen-bond acceptors (Lipinski definition) is 1. The Morgan fingerprint density at radius 2 is 2.12 bits per heavy atom. The van der Waals surface area contributed by atoms with Crippen LogP contribution in [0, 0.1) is 0 Å². The van der Waals surface area contributed by atoms with Crippen molar-refractivity contribution in [2.24, 2.45) is 4.99 Å². The van der Waals surface area contributed by atoms with E-state index in [0.29, 0.717) is 5.70 Å². The molecule has 0 bridgehead atoms. The van der Waals surface area contributed by atoms with Crippen LogP contribution >= 0.6 is 0 Å². The summed E-state index contributed by atoms with van der Waals surface area (Å²) >= 11 is 0. The zero-order valence-corrected chi connectivity index (χ0v) is 9.69. The minimum Gasteiger partial charge on any atom is -0.257 e. The van der Waals surface area contributed by atoms with E-state index < -0.39 is 0 Å². The maximum absolute atomic E-state index is 4.22. The first-order valence-corrected chi connectivity index (χ1v) is 5.32. The fraction of sp³-hybridized carbons (Fsp3) is 0.133. The van der Waals surface area contributed by atoms with Gasteiger partial charge in [0.15, 0.2) is 0 Å². The summed E-state index contributed by atoms with van der Waals surface area (Å²) in [6.45, 7) is 9.39. The van der Waals surface area contributed by atoms with Gasteiger partial charge in [-0.25, -0.2) is 0 Å². The molecule has 0 aliphatic heterocycles. The average Bonchev–Trinajstić information content (AvgIpc) is 2.34. The van der Waals surface area contributed by atoms with Gasteiger partial charge >= 0.3 is 0 Å². The molecule has 0 aliphatic carbocycles. The molecule has 0 amide bonds. The summed E-state index contributed by atoms with van der Waals surface area (Å²) in [5, 5.41) is 0. The fourth-order valence-electron chi connectivity index (χ4n) is 1.30. The van der Waals surface area contributed by atoms with E-state index in [0.717, 1.165) is 12.0 Å². The van der Waals surface area contributed by atoms with Crippen LogP contribution in [0.15, 0.2) is 66.3 Å². The third kappa shape index (κ3) is 3.70. The smallest absolute Gasteiger partial charge is 0.0552 e. The molecule has 0 unspecified atom stereocenters. The normalized spacial score (nSPS) is 11.1. The Morgan fingerprint density at radius 1 is 1.38 bits per heavy atom. The van der Waals surface area contributed by atoms with Crippen LogP contribution in [-0.4, -0.2) is 6.21 Å². The molecule has 0 N–H and O–H groups in total. The van der Waals surface area contributed by atoms with E-state index in [1.807, 2.05) is 25.3 Å². The number of benzene rings is 1. The molecule has 0 spiro atoms. The monoisotopic (exact) mass is 211 g/mol. The van der Waals surface area contributed by atoms with Crippen molar-refractivity contribution in [2.75, 3.05) is 0 Å². The van der Waals surface area contributed by atoms with Crippen molar-refractivity contribution in [3.05, 3.63) is 72.5 Å². The summed E-state index contributed by atoms with van der Waals surface area (Å²) in [5.74, 6) is 0. The molecule has 0 aromatic heterocycles. The van der Waals surface area contributed by atoms with Gasteiger partial charge < -0.3 is 0 Å². The number of aliphatic imine (C=N–C) groups is 1. The number of rotatable bonds is 5. The lowest BCUT2D eigenvalue weighted by Crippen LogP contribution is -1.91. The molecule has 0 saturated heterocycles. The molecule has 0 heterocycles. The lowest BCUT2D eigenvalue weighted by Gasteiger charge is -2.01. The maximum atomic E-state index is 4.22. The second kappa shape index (κ2) is 6.57. The Bertz CT molecular complexity index is 425. The van der Waals surface area contributed by atoms with Crippen molar-refractivity contribution in [2.45, 2.75) is 13.3 Å². The maximum Gasteiger partial charge on any atom is 0.0552 e. The van der Waals surface area contributed by atoms with Crippen LogP contribution in [0.5, 0.6) is 0 Å². The fourth-order valence-corrected chi connectivity index (χ4v) is 1.30. The Hall–Kier alpha value is -1.89. The second-order valence-corrected chi connectivity index (χ2v) is 3.43. The van der Waals surface area contributed by atoms with E-state index >= 15 is 0 Å². The van der Waals surface area contributed by atoms with Crippen molar-refractivity contribution in [3.8, 4) is 0 Å². The van der Waals surface area contributed by atoms with Crippen LogP contribution < -0.4 is 0 Å². The highest BCUT2D eigenvalue weighted by Crippen LogP contribution is 2.08. The van der Waals surface area contributed by atoms with Gasteiger partial charge in [-0.2, -0.15) is 0 Å². The van der Waals surface area contributed by atoms with Gasteiger partial charge in [-0.1, -0.05) is 49.6 Å². The lowest BCUT2D eigenvalue weighted by molar-refractivity contribution is 1.25. The Morgan fingerprint density at radius 3 is 2.81 bits per heavy atom. The minimum atomic E-state index is 0.681. The quantitative estimate of drug-likeness (QED) is 0.397. The third-order valence-corrected chi connectivity index (χ3v) is 2.23. The standard InChI is InChI=1S/C15H17N/c1-4-6-9-14-10-7-8-11-15(14)12-16-13(3)5-2/h4-8,10-12H,2-3,9H2,1H3/b6-4-,16-12-. The van der Waals surface area contributed by atoms with Gasteiger partial charge in [0.25, 0.3) is 0 Å². The van der Waals surface area contributed by atoms with Gasteiger partial charge in [0.2, 0.25) is 0 Å². The third-order valence-electron chi connectivity index (χ3n) is 2.23. The van der Waals surface area contributed by atoms with Gasteiger partial charge in [0, 0.05) is 6.21 Å². The average molecular weight is 211 g/mol. The van der Waals surface area contributed by atoms with Gasteiger partial charge in [-0.3, -0.25) is 4.99 Å². The highest BCUT2D eigenvalue weighted by molar-refractivity contribution is 5.82. The van der Waals surface area contributed by atoms with Gasteiger partial charge in [-0.15, -0.1) is 0 Å². The number of nitrogens with zero attached hydrogens (tertiary/aromatic N) is 1. The van der Waals surface area contributed by atoms with Crippen molar-refractivity contribution in [1.29, 1.82) is 0 Å². The molecule has 1 aromatic rings. The first-order chi connectivity index (χ1) is 7.77. The molecule has 0 fully saturated rings. The topological polar surface area (TPSA) is 12.4 Å². The van der Waals surface area contributed by atoms with Crippen molar-refractivity contribution in [3.63, 3.8) is 0 Å². The first-order valence-electron chi connectivity index (χ1n) is 5.32. The van der Waals surface area contributed by atoms with Crippen LogP contribution in [0.25, 0.3) is 0 Å². The molecule has 1 rings (SSSR count). The Labute approximate surface area is 97.5 Å². The van der Waals surface area contributed by atoms with Crippen LogP contribution in [0.3, 0.4) is 0 Å². The molecule has 82 valence electrons. The highest BCUT2D eigenvalue weighted by Gasteiger charge is 1.96. The van der Waals surface area contributed by atoms with E-state index in [2.05, 4.69) is 42.4 Å². The molecular formula is C15H17N. The van der Waals surface area contributed by atoms with Crippen LogP contribution in [0.4, 0.5) is 0 Å². The predicted octanol–water partition coefficient (Wildman–Crippen LogP) is 3.92. The highest BCUT2D eigenvalue weighted by atomic mass is 14.7. The first kappa shape index (κ1) is 12.2. The van der Waals surface area contributed by atoms with E-state index in [4.69, 9.17) is 0 Å². The Kier molecular flexibility index (Phi) is 5.00. The SMILES string of the molecule is C=CC(=C)/N=C\c1ccccc1C/C=C\C. The molecule has 0 aliphatic rings. The summed E-state index contributed by atoms with van der Waals surface area (Å²) in [6, 6.07) is 8.21. The van der Waals surface area contributed by atoms with Crippen molar-refractivity contribution >= 4 is 6.21 Å². The van der Waals surface area contributed by atoms with E-state index in [1.54, 1.807) is 6.08 Å². The lowest BCUT2D eigenvalue weighted by atomic mass is 10.1. The molecule has 0 atom stereocenters. The van der Waals surface area contributed by atoms with Crippen LogP contribution in [0.2, 0.25) is 0 Å². The zero-order valence-electron chi connectivity index (χ0n) is 9.69. The zero-order chi connectivity index (χ0) is 11.8. The van der Waals surface area contributed by atoms with Gasteiger partial charge in [-0.05, 0) is 30.5 Å². The molecule has 0 radical (unpaired) electrons. The predicted molar refractivity (Wildman–Crippen MR) is 71.9 cm³/mol. The van der Waals surface area contributed by atoms with E-state index in [-0.39, 0.29) is 0 Å². The summed E-state index contributed by atoms with van der Waals surface area (Å²) in [6.07, 6.45) is 8.60. The minimum absolute atomic E-state index is 0.681. The largest absolute Gasteiger partial charge is 0.257 e. The molecule has 1 heteroatoms. The molecular weight excluding hydrogens is 194 g/mol. The molecule has 1 nitrogen and oxygen atoms in total. The Balaban J connectivity index is 2.90. The number of hydrogen-bond donors (Lipinski definition) is 0. The summed E-state index contributed by atoms with van der Waals surface area (Å²) in [5.41, 5.74) is 3.07. The van der Waals surface area contributed by atoms with Crippen molar-refractivity contribution < 1.29 is 0 Å². The van der Waals surface area contributed by atoms with Gasteiger partial charge in [0.05, 0.1) is 5.70 Å². The van der Waals surface area contributed by atoms with Crippen LogP contribution in [-0.2, 0) is 6.42 Å². The molecule has 16 heavy (non-hydrogen) atoms. The van der Waals surface area contributed by atoms with Gasteiger partial charge in [0.1, 0.15) is 0 Å². The molecule has 1 aromatic carbocycles.